The molecule has 0 saturated carbocycles. The Morgan fingerprint density at radius 1 is 1.24 bits per heavy atom. The van der Waals surface area contributed by atoms with Crippen LogP contribution in [0, 0.1) is 0 Å². The Balaban J connectivity index is 2.19. The number of fused-ring (bicyclic) bond motifs is 1. The maximum absolute atomic E-state index is 12.2. The summed E-state index contributed by atoms with van der Waals surface area (Å²) < 4.78 is 4.81. The van der Waals surface area contributed by atoms with E-state index in [1.54, 1.807) is 38.2 Å². The van der Waals surface area contributed by atoms with Crippen LogP contribution in [0.4, 0.5) is 0 Å². The highest BCUT2D eigenvalue weighted by Crippen LogP contribution is 2.22. The summed E-state index contributed by atoms with van der Waals surface area (Å²) in [5.74, 6) is -1.24. The predicted octanol–water partition coefficient (Wildman–Crippen LogP) is 0.949. The lowest BCUT2D eigenvalue weighted by Crippen LogP contribution is -2.34. The van der Waals surface area contributed by atoms with Gasteiger partial charge in [0.1, 0.15) is 0 Å². The number of rotatable bonds is 5. The first-order valence-corrected chi connectivity index (χ1v) is 6.58. The molecular formula is C15H16N2O4. The summed E-state index contributed by atoms with van der Waals surface area (Å²) in [7, 11) is 1.61. The maximum Gasteiger partial charge on any atom is 0.332 e. The van der Waals surface area contributed by atoms with E-state index in [4.69, 9.17) is 4.74 Å². The summed E-state index contributed by atoms with van der Waals surface area (Å²) >= 11 is 0. The summed E-state index contributed by atoms with van der Waals surface area (Å²) in [5.41, 5.74) is 1.20. The van der Waals surface area contributed by atoms with Gasteiger partial charge in [0.25, 0.3) is 11.8 Å². The van der Waals surface area contributed by atoms with E-state index >= 15 is 0 Å². The van der Waals surface area contributed by atoms with Crippen molar-refractivity contribution >= 4 is 17.8 Å². The maximum atomic E-state index is 12.2. The van der Waals surface area contributed by atoms with Gasteiger partial charge in [-0.2, -0.15) is 0 Å². The summed E-state index contributed by atoms with van der Waals surface area (Å²) in [4.78, 5) is 37.0. The number of hydrogen-bond donors (Lipinski definition) is 1. The molecule has 6 heteroatoms. The SMILES string of the molecule is CCOC(=O)/C=C(/CN1C(=O)c2ccccc2C1=O)NC. The van der Waals surface area contributed by atoms with Gasteiger partial charge in [-0.3, -0.25) is 14.5 Å². The van der Waals surface area contributed by atoms with E-state index < -0.39 is 5.97 Å². The number of carbonyl (C=O) groups is 3. The first-order valence-electron chi connectivity index (χ1n) is 6.58. The molecule has 1 aromatic rings. The van der Waals surface area contributed by atoms with Crippen molar-refractivity contribution in [3.05, 3.63) is 47.2 Å². The fourth-order valence-corrected chi connectivity index (χ4v) is 2.08. The van der Waals surface area contributed by atoms with Crippen molar-refractivity contribution in [3.63, 3.8) is 0 Å². The van der Waals surface area contributed by atoms with Crippen LogP contribution in [0.5, 0.6) is 0 Å². The second-order valence-corrected chi connectivity index (χ2v) is 4.41. The monoisotopic (exact) mass is 288 g/mol. The molecule has 2 rings (SSSR count). The van der Waals surface area contributed by atoms with Gasteiger partial charge in [-0.25, -0.2) is 4.79 Å². The molecule has 1 aliphatic rings. The van der Waals surface area contributed by atoms with E-state index in [2.05, 4.69) is 5.32 Å². The molecule has 0 fully saturated rings. The molecule has 2 amide bonds. The van der Waals surface area contributed by atoms with Crippen molar-refractivity contribution in [2.24, 2.45) is 0 Å². The molecule has 0 unspecified atom stereocenters. The Hall–Kier alpha value is -2.63. The molecule has 0 aliphatic carbocycles. The van der Waals surface area contributed by atoms with Gasteiger partial charge in [0.2, 0.25) is 0 Å². The topological polar surface area (TPSA) is 75.7 Å². The van der Waals surface area contributed by atoms with Crippen molar-refractivity contribution in [2.45, 2.75) is 6.92 Å². The zero-order valence-electron chi connectivity index (χ0n) is 11.9. The second kappa shape index (κ2) is 6.21. The molecule has 1 aromatic carbocycles. The second-order valence-electron chi connectivity index (χ2n) is 4.41. The molecular weight excluding hydrogens is 272 g/mol. The molecule has 6 nitrogen and oxygen atoms in total. The van der Waals surface area contributed by atoms with Gasteiger partial charge in [-0.15, -0.1) is 0 Å². The lowest BCUT2D eigenvalue weighted by atomic mass is 10.1. The zero-order valence-corrected chi connectivity index (χ0v) is 11.9. The number of carbonyl (C=O) groups excluding carboxylic acids is 3. The van der Waals surface area contributed by atoms with Crippen LogP contribution in [-0.2, 0) is 9.53 Å². The lowest BCUT2D eigenvalue weighted by molar-refractivity contribution is -0.137. The number of esters is 1. The third-order valence-electron chi connectivity index (χ3n) is 3.11. The smallest absolute Gasteiger partial charge is 0.332 e. The Bertz CT molecular complexity index is 587. The van der Waals surface area contributed by atoms with Crippen LogP contribution in [-0.4, -0.2) is 42.9 Å². The first-order chi connectivity index (χ1) is 10.1. The third kappa shape index (κ3) is 2.94. The Morgan fingerprint density at radius 2 is 1.81 bits per heavy atom. The van der Waals surface area contributed by atoms with Gasteiger partial charge >= 0.3 is 5.97 Å². The van der Waals surface area contributed by atoms with Gasteiger partial charge in [0, 0.05) is 18.8 Å². The normalized spacial score (nSPS) is 14.2. The Morgan fingerprint density at radius 3 is 2.29 bits per heavy atom. The fourth-order valence-electron chi connectivity index (χ4n) is 2.08. The number of imide groups is 1. The summed E-state index contributed by atoms with van der Waals surface area (Å²) in [6.45, 7) is 1.97. The van der Waals surface area contributed by atoms with Gasteiger partial charge in [-0.1, -0.05) is 12.1 Å². The number of likely N-dealkylation sites (N-methyl/N-ethyl adjacent to an activating group) is 1. The minimum Gasteiger partial charge on any atom is -0.463 e. The summed E-state index contributed by atoms with van der Waals surface area (Å²) in [6.07, 6.45) is 1.24. The fraction of sp³-hybridized carbons (Fsp3) is 0.267. The van der Waals surface area contributed by atoms with Crippen LogP contribution in [0.25, 0.3) is 0 Å². The first kappa shape index (κ1) is 14.8. The largest absolute Gasteiger partial charge is 0.463 e. The highest BCUT2D eigenvalue weighted by Gasteiger charge is 2.35. The molecule has 0 atom stereocenters. The number of benzene rings is 1. The van der Waals surface area contributed by atoms with Gasteiger partial charge in [0.15, 0.2) is 0 Å². The Kier molecular flexibility index (Phi) is 4.37. The van der Waals surface area contributed by atoms with E-state index in [9.17, 15) is 14.4 Å². The molecule has 1 aliphatic heterocycles. The van der Waals surface area contributed by atoms with E-state index in [0.29, 0.717) is 16.8 Å². The minimum atomic E-state index is -0.515. The van der Waals surface area contributed by atoms with Crippen LogP contribution in [0.1, 0.15) is 27.6 Å². The van der Waals surface area contributed by atoms with Crippen molar-refractivity contribution in [3.8, 4) is 0 Å². The van der Waals surface area contributed by atoms with Gasteiger partial charge in [0.05, 0.1) is 24.3 Å². The molecule has 21 heavy (non-hydrogen) atoms. The molecule has 0 bridgehead atoms. The highest BCUT2D eigenvalue weighted by atomic mass is 16.5. The van der Waals surface area contributed by atoms with Crippen LogP contribution in [0.3, 0.4) is 0 Å². The average molecular weight is 288 g/mol. The standard InChI is InChI=1S/C15H16N2O4/c1-3-21-13(18)8-10(16-2)9-17-14(19)11-6-4-5-7-12(11)15(17)20/h4-8,16H,3,9H2,1-2H3/b10-8-. The van der Waals surface area contributed by atoms with E-state index in [1.165, 1.54) is 6.08 Å². The molecule has 0 aromatic heterocycles. The van der Waals surface area contributed by atoms with Crippen LogP contribution < -0.4 is 5.32 Å². The predicted molar refractivity (Wildman–Crippen MR) is 75.6 cm³/mol. The minimum absolute atomic E-state index is 0.00165. The van der Waals surface area contributed by atoms with E-state index in [-0.39, 0.29) is 25.0 Å². The molecule has 1 heterocycles. The molecule has 1 N–H and O–H groups in total. The number of amides is 2. The lowest BCUT2D eigenvalue weighted by Gasteiger charge is -2.16. The van der Waals surface area contributed by atoms with Crippen molar-refractivity contribution in [1.29, 1.82) is 0 Å². The van der Waals surface area contributed by atoms with Crippen molar-refractivity contribution in [2.75, 3.05) is 20.2 Å². The summed E-state index contributed by atoms with van der Waals surface area (Å²) in [6, 6.07) is 6.65. The van der Waals surface area contributed by atoms with Crippen molar-refractivity contribution in [1.82, 2.24) is 10.2 Å². The van der Waals surface area contributed by atoms with Gasteiger partial charge < -0.3 is 10.1 Å². The quantitative estimate of drug-likeness (QED) is 0.496. The zero-order chi connectivity index (χ0) is 15.4. The number of nitrogens with one attached hydrogen (secondary N) is 1. The molecule has 0 radical (unpaired) electrons. The van der Waals surface area contributed by atoms with Gasteiger partial charge in [-0.05, 0) is 19.1 Å². The van der Waals surface area contributed by atoms with Crippen LogP contribution >= 0.6 is 0 Å². The third-order valence-corrected chi connectivity index (χ3v) is 3.11. The average Bonchev–Trinajstić information content (AvgIpc) is 2.72. The number of ether oxygens (including phenoxy) is 1. The molecule has 0 spiro atoms. The van der Waals surface area contributed by atoms with Crippen molar-refractivity contribution < 1.29 is 19.1 Å². The van der Waals surface area contributed by atoms with E-state index in [0.717, 1.165) is 4.90 Å². The molecule has 110 valence electrons. The highest BCUT2D eigenvalue weighted by molar-refractivity contribution is 6.21. The number of hydrogen-bond acceptors (Lipinski definition) is 5. The van der Waals surface area contributed by atoms with E-state index in [1.807, 2.05) is 0 Å². The van der Waals surface area contributed by atoms with Crippen LogP contribution in [0.15, 0.2) is 36.0 Å². The van der Waals surface area contributed by atoms with Crippen LogP contribution in [0.2, 0.25) is 0 Å². The molecule has 0 saturated heterocycles. The summed E-state index contributed by atoms with van der Waals surface area (Å²) in [5, 5.41) is 2.80. The number of nitrogens with zero attached hydrogens (tertiary/aromatic N) is 1. The Labute approximate surface area is 122 Å².